The predicted octanol–water partition coefficient (Wildman–Crippen LogP) is 9.42. The first-order valence-corrected chi connectivity index (χ1v) is 45.2. The molecule has 30 nitrogen and oxygen atoms in total. The molecule has 0 saturated carbocycles. The highest BCUT2D eigenvalue weighted by atomic mass is 16.7. The second kappa shape index (κ2) is 42.8. The predicted molar refractivity (Wildman–Crippen MR) is 463 cm³/mol. The van der Waals surface area contributed by atoms with Crippen molar-refractivity contribution in [3.05, 3.63) is 96.4 Å². The molecule has 4 aromatic rings. The van der Waals surface area contributed by atoms with Gasteiger partial charge in [-0.2, -0.15) is 0 Å². The highest BCUT2D eigenvalue weighted by molar-refractivity contribution is 5.85. The Morgan fingerprint density at radius 3 is 1.26 bits per heavy atom. The summed E-state index contributed by atoms with van der Waals surface area (Å²) in [6.07, 6.45) is -16.7. The van der Waals surface area contributed by atoms with Crippen LogP contribution in [0.15, 0.2) is 94.2 Å². The molecule has 6 aliphatic rings. The molecule has 0 radical (unpaired) electrons. The van der Waals surface area contributed by atoms with Gasteiger partial charge >= 0.3 is 11.9 Å². The smallest absolute Gasteiger partial charge is 0.311 e. The van der Waals surface area contributed by atoms with E-state index in [0.717, 1.165) is 22.3 Å². The molecular weight excluding hydrogens is 1630 g/mol. The minimum absolute atomic E-state index is 0.00115. The van der Waals surface area contributed by atoms with Gasteiger partial charge in [-0.25, -0.2) is 0 Å². The molecule has 0 bridgehead atoms. The van der Waals surface area contributed by atoms with Crippen molar-refractivity contribution >= 4 is 35.3 Å². The average Bonchev–Trinajstić information content (AvgIpc) is 0.920. The molecule has 10 rings (SSSR count). The van der Waals surface area contributed by atoms with E-state index in [1.54, 1.807) is 86.1 Å². The van der Waals surface area contributed by atoms with Crippen molar-refractivity contribution in [3.8, 4) is 22.6 Å². The monoisotopic (exact) mass is 1780 g/mol. The highest BCUT2D eigenvalue weighted by Gasteiger charge is 2.57. The van der Waals surface area contributed by atoms with Gasteiger partial charge in [-0.3, -0.25) is 28.8 Å². The zero-order chi connectivity index (χ0) is 93.5. The Kier molecular flexibility index (Phi) is 35.1. The number of hydrogen-bond donors (Lipinski definition) is 12. The standard InChI is InChI=1S/2C48H73NO14/c1-25-20-27(3)59-45(39(25)52)63-43-29(5)40(62-37-24-46(8,9)42(54)31(7)60-37)30(6)44(55)61-35(48(11,57)41(53)28(4)38(51)26(2)23-47(43,10)56)17-18-49-36(50)22-32-14-12-15-33(21-32)34-16-13-19-58-34;1-25-21-27(3)59-45(39(25)52)63-43-29(5)40(62-37-24-46(8,9)42(54)31(7)60-37)30(6)44(55)61-35(48(11,57)41(53)28(4)38(51)26(2)23-47(43,10)56)18-19-49-36(50)22-32-15-12-13-16-33(32)34-17-14-20-58-34/h12-16,19,21,25-31,35,37,39-43,45,52-54,56-57H,17-18,20,22-24H2,1-11H3,(H,49,50);12-17,20,25-31,35,37,39-43,45,52-54,56-57H,18-19,21-24H2,1-11H3,(H,49,50)/t2*25?,26-,27?,28+,29+,30-,31?,35-,37?,39?,40+,41-,42?,43-,45?,47-,48-/m11/s1. The number of benzene rings is 2. The summed E-state index contributed by atoms with van der Waals surface area (Å²) in [5.74, 6) is -10.7. The van der Waals surface area contributed by atoms with E-state index in [0.29, 0.717) is 24.4 Å². The lowest BCUT2D eigenvalue weighted by atomic mass is 9.74. The molecule has 14 unspecified atom stereocenters. The lowest BCUT2D eigenvalue weighted by molar-refractivity contribution is -0.312. The first kappa shape index (κ1) is 103. The van der Waals surface area contributed by atoms with Gasteiger partial charge in [-0.15, -0.1) is 0 Å². The maximum Gasteiger partial charge on any atom is 0.311 e. The number of hydrogen-bond acceptors (Lipinski definition) is 28. The Morgan fingerprint density at radius 1 is 0.452 bits per heavy atom. The fraction of sp³-hybridized carbons (Fsp3) is 0.729. The van der Waals surface area contributed by atoms with Crippen LogP contribution < -0.4 is 10.6 Å². The third-order valence-corrected chi connectivity index (χ3v) is 27.6. The largest absolute Gasteiger partial charge is 0.464 e. The minimum atomic E-state index is -2.20. The molecule has 708 valence electrons. The Morgan fingerprint density at radius 2 is 0.857 bits per heavy atom. The van der Waals surface area contributed by atoms with Gasteiger partial charge in [0.15, 0.2) is 25.2 Å². The van der Waals surface area contributed by atoms with E-state index in [1.165, 1.54) is 41.5 Å². The molecule has 0 aliphatic carbocycles. The van der Waals surface area contributed by atoms with Crippen LogP contribution in [0.25, 0.3) is 22.6 Å². The quantitative estimate of drug-likeness (QED) is 0.0366. The van der Waals surface area contributed by atoms with E-state index in [9.17, 15) is 79.8 Å². The summed E-state index contributed by atoms with van der Waals surface area (Å²) in [4.78, 5) is 84.1. The maximum atomic E-state index is 14.6. The van der Waals surface area contributed by atoms with Gasteiger partial charge in [-0.05, 0) is 159 Å². The molecule has 2 aromatic heterocycles. The maximum absolute atomic E-state index is 14.6. The zero-order valence-electron chi connectivity index (χ0n) is 77.7. The fourth-order valence-electron chi connectivity index (χ4n) is 19.9. The first-order valence-electron chi connectivity index (χ1n) is 45.2. The molecule has 12 N–H and O–H groups in total. The number of furan rings is 2. The van der Waals surface area contributed by atoms with Crippen molar-refractivity contribution in [1.82, 2.24) is 10.6 Å². The molecule has 6 aliphatic heterocycles. The number of aliphatic hydroxyl groups excluding tert-OH is 6. The number of rotatable bonds is 20. The van der Waals surface area contributed by atoms with Crippen molar-refractivity contribution < 1.29 is 136 Å². The number of aliphatic hydroxyl groups is 10. The number of esters is 2. The summed E-state index contributed by atoms with van der Waals surface area (Å²) in [6.45, 7) is 36.8. The van der Waals surface area contributed by atoms with Crippen LogP contribution in [0.1, 0.15) is 215 Å². The van der Waals surface area contributed by atoms with Gasteiger partial charge in [0.05, 0.1) is 122 Å². The Labute approximate surface area is 742 Å². The van der Waals surface area contributed by atoms with E-state index in [2.05, 4.69) is 10.6 Å². The van der Waals surface area contributed by atoms with E-state index < -0.39 is 215 Å². The normalized spacial score (nSPS) is 40.7. The van der Waals surface area contributed by atoms with Crippen LogP contribution in [0.4, 0.5) is 0 Å². The summed E-state index contributed by atoms with van der Waals surface area (Å²) in [6, 6.07) is 21.9. The van der Waals surface area contributed by atoms with Crippen LogP contribution in [0.2, 0.25) is 0 Å². The van der Waals surface area contributed by atoms with Crippen LogP contribution in [0, 0.1) is 70.0 Å². The number of cyclic esters (lactones) is 2. The average molecular weight is 1780 g/mol. The number of Topliss-reactive ketones (excluding diaryl/α,β-unsaturated/α-hetero) is 2. The number of ketones is 2. The van der Waals surface area contributed by atoms with Crippen LogP contribution in [0.5, 0.6) is 0 Å². The van der Waals surface area contributed by atoms with Gasteiger partial charge in [-0.1, -0.05) is 126 Å². The molecule has 34 atom stereocenters. The second-order valence-electron chi connectivity index (χ2n) is 39.9. The molecule has 2 amide bonds. The number of amides is 2. The number of carbonyl (C=O) groups excluding carboxylic acids is 6. The fourth-order valence-corrected chi connectivity index (χ4v) is 19.9. The molecule has 30 heteroatoms. The summed E-state index contributed by atoms with van der Waals surface area (Å²) in [5, 5.41) is 123. The van der Waals surface area contributed by atoms with Crippen LogP contribution in [-0.4, -0.2) is 245 Å². The van der Waals surface area contributed by atoms with Crippen molar-refractivity contribution in [2.24, 2.45) is 70.0 Å². The minimum Gasteiger partial charge on any atom is -0.464 e. The summed E-state index contributed by atoms with van der Waals surface area (Å²) < 4.78 is 74.6. The first-order chi connectivity index (χ1) is 58.7. The summed E-state index contributed by atoms with van der Waals surface area (Å²) in [5.41, 5.74) is -6.33. The van der Waals surface area contributed by atoms with Gasteiger partial charge in [0, 0.05) is 85.4 Å². The van der Waals surface area contributed by atoms with Crippen molar-refractivity contribution in [2.45, 2.75) is 362 Å². The Balaban J connectivity index is 0.000000285. The second-order valence-corrected chi connectivity index (χ2v) is 39.9. The molecule has 2 aromatic carbocycles. The van der Waals surface area contributed by atoms with Crippen LogP contribution in [-0.2, 0) is 89.0 Å². The Hall–Kier alpha value is -6.50. The van der Waals surface area contributed by atoms with Crippen molar-refractivity contribution in [1.29, 1.82) is 0 Å². The highest BCUT2D eigenvalue weighted by Crippen LogP contribution is 2.46. The SMILES string of the molecule is CC1CC(C)C(O)C(O[C@@H]2[C@@H](C)[C@H](OC3CC(C)(C)C(O)C(C)O3)[C@@H](C)C(=O)O[C@H](CCNC(=O)Cc3cccc(-c4ccco4)c3)[C@@](C)(O)[C@H](O)[C@@H](C)C(=O)[C@H](C)C[C@@]2(C)O)O1.CC1CC(C)C(O)C(O[C@@H]2[C@@H](C)[C@H](OC3CC(C)(C)C(O)C(C)O3)[C@@H](C)C(=O)O[C@H](CCNC(=O)Cc3ccccc3-c3ccco3)[C@@](C)(O)[C@H](O)[C@@H](C)C(=O)[C@H](C)C[C@@]2(C)O)O1. The van der Waals surface area contributed by atoms with Crippen LogP contribution in [0.3, 0.4) is 0 Å². The van der Waals surface area contributed by atoms with E-state index in [1.807, 2.05) is 110 Å². The van der Waals surface area contributed by atoms with Gasteiger partial charge < -0.3 is 118 Å². The number of nitrogens with one attached hydrogen (secondary N) is 2. The lowest BCUT2D eigenvalue weighted by Crippen LogP contribution is -2.59. The van der Waals surface area contributed by atoms with Crippen LogP contribution >= 0.6 is 0 Å². The molecule has 6 fully saturated rings. The third-order valence-electron chi connectivity index (χ3n) is 27.6. The van der Waals surface area contributed by atoms with Crippen molar-refractivity contribution in [3.63, 3.8) is 0 Å². The summed E-state index contributed by atoms with van der Waals surface area (Å²) in [7, 11) is 0. The van der Waals surface area contributed by atoms with E-state index in [-0.39, 0.29) is 100 Å². The lowest BCUT2D eigenvalue weighted by Gasteiger charge is -2.48. The molecule has 126 heavy (non-hydrogen) atoms. The Bertz CT molecular complexity index is 4180. The van der Waals surface area contributed by atoms with Crippen molar-refractivity contribution in [2.75, 3.05) is 13.1 Å². The number of carbonyl (C=O) groups is 6. The molecular formula is C96H146N2O28. The number of ether oxygens (including phenoxy) is 10. The topological polar surface area (TPSA) is 447 Å². The molecule has 6 saturated heterocycles. The third kappa shape index (κ3) is 25.0. The molecule has 0 spiro atoms. The van der Waals surface area contributed by atoms with Gasteiger partial charge in [0.2, 0.25) is 11.8 Å². The van der Waals surface area contributed by atoms with Gasteiger partial charge in [0.25, 0.3) is 0 Å². The molecule has 8 heterocycles. The van der Waals surface area contributed by atoms with E-state index in [4.69, 9.17) is 56.2 Å². The van der Waals surface area contributed by atoms with E-state index >= 15 is 0 Å². The summed E-state index contributed by atoms with van der Waals surface area (Å²) >= 11 is 0. The zero-order valence-corrected chi connectivity index (χ0v) is 77.7. The van der Waals surface area contributed by atoms with Gasteiger partial charge in [0.1, 0.15) is 58.7 Å².